The molecule has 0 amide bonds. The van der Waals surface area contributed by atoms with Crippen LogP contribution in [0.1, 0.15) is 23.5 Å². The van der Waals surface area contributed by atoms with Crippen LogP contribution in [0.3, 0.4) is 0 Å². The fourth-order valence-corrected chi connectivity index (χ4v) is 3.47. The van der Waals surface area contributed by atoms with Gasteiger partial charge in [0.1, 0.15) is 17.6 Å². The molecule has 2 atom stereocenters. The number of furan rings is 1. The van der Waals surface area contributed by atoms with E-state index < -0.39 is 4.92 Å². The van der Waals surface area contributed by atoms with E-state index in [0.717, 1.165) is 17.0 Å². The third-order valence-corrected chi connectivity index (χ3v) is 5.03. The largest absolute Gasteiger partial charge is 0.459 e. The number of nitro groups is 1. The number of nitrogens with zero attached hydrogens (tertiary/aromatic N) is 3. The van der Waals surface area contributed by atoms with E-state index in [4.69, 9.17) is 16.6 Å². The lowest BCUT2D eigenvalue weighted by atomic mass is 10.0. The van der Waals surface area contributed by atoms with Crippen molar-refractivity contribution in [1.29, 1.82) is 0 Å². The van der Waals surface area contributed by atoms with Gasteiger partial charge in [-0.1, -0.05) is 6.07 Å². The van der Waals surface area contributed by atoms with Gasteiger partial charge in [-0.15, -0.1) is 0 Å². The molecule has 0 saturated carbocycles. The molecule has 0 unspecified atom stereocenters. The number of non-ortho nitro benzene ring substituents is 1. The van der Waals surface area contributed by atoms with Crippen LogP contribution < -0.4 is 5.32 Å². The Morgan fingerprint density at radius 3 is 2.63 bits per heavy atom. The van der Waals surface area contributed by atoms with Crippen molar-refractivity contribution in [3.8, 4) is 11.3 Å². The zero-order valence-electron chi connectivity index (χ0n) is 14.4. The fourth-order valence-electron chi connectivity index (χ4n) is 3.23. The van der Waals surface area contributed by atoms with E-state index >= 15 is 0 Å². The third kappa shape index (κ3) is 3.15. The molecule has 8 heteroatoms. The highest BCUT2D eigenvalue weighted by atomic mass is 32.1. The standard InChI is InChI=1S/C19H16N4O3S/c1-22-18(17(21-19(22)27)14-4-2-3-11-20-14)16-10-9-15(26-16)12-5-7-13(8-6-12)23(24)25/h2-11,17-18H,1H3,(H,21,27)/t17-,18+/m1/s1. The Balaban J connectivity index is 1.66. The van der Waals surface area contributed by atoms with Gasteiger partial charge in [-0.2, -0.15) is 0 Å². The molecule has 1 saturated heterocycles. The highest BCUT2D eigenvalue weighted by molar-refractivity contribution is 7.80. The molecule has 2 aromatic heterocycles. The van der Waals surface area contributed by atoms with Crippen molar-refractivity contribution in [1.82, 2.24) is 15.2 Å². The average Bonchev–Trinajstić information content (AvgIpc) is 3.28. The van der Waals surface area contributed by atoms with Crippen molar-refractivity contribution < 1.29 is 9.34 Å². The van der Waals surface area contributed by atoms with Crippen LogP contribution in [-0.4, -0.2) is 27.0 Å². The Kier molecular flexibility index (Phi) is 4.33. The van der Waals surface area contributed by atoms with Gasteiger partial charge in [0.15, 0.2) is 5.11 Å². The highest BCUT2D eigenvalue weighted by Crippen LogP contribution is 2.39. The molecule has 1 fully saturated rings. The zero-order valence-corrected chi connectivity index (χ0v) is 15.2. The van der Waals surface area contributed by atoms with Gasteiger partial charge < -0.3 is 14.6 Å². The molecule has 1 aromatic carbocycles. The van der Waals surface area contributed by atoms with E-state index in [1.807, 2.05) is 42.3 Å². The van der Waals surface area contributed by atoms with Crippen LogP contribution in [0.15, 0.2) is 65.2 Å². The van der Waals surface area contributed by atoms with Crippen LogP contribution in [-0.2, 0) is 0 Å². The Labute approximate surface area is 160 Å². The van der Waals surface area contributed by atoms with Crippen LogP contribution in [0.5, 0.6) is 0 Å². The van der Waals surface area contributed by atoms with Gasteiger partial charge in [0.05, 0.1) is 16.7 Å². The van der Waals surface area contributed by atoms with Crippen molar-refractivity contribution in [3.05, 3.63) is 82.4 Å². The summed E-state index contributed by atoms with van der Waals surface area (Å²) in [7, 11) is 1.91. The maximum absolute atomic E-state index is 10.8. The second-order valence-electron chi connectivity index (χ2n) is 6.24. The van der Waals surface area contributed by atoms with Crippen molar-refractivity contribution in [3.63, 3.8) is 0 Å². The zero-order chi connectivity index (χ0) is 19.0. The van der Waals surface area contributed by atoms with E-state index in [1.54, 1.807) is 18.3 Å². The van der Waals surface area contributed by atoms with Crippen LogP contribution >= 0.6 is 12.2 Å². The number of hydrogen-bond acceptors (Lipinski definition) is 5. The number of hydrogen-bond donors (Lipinski definition) is 1. The molecular formula is C19H16N4O3S. The average molecular weight is 380 g/mol. The number of likely N-dealkylation sites (N-methyl/N-ethyl adjacent to an activating group) is 1. The topological polar surface area (TPSA) is 84.4 Å². The third-order valence-electron chi connectivity index (χ3n) is 4.62. The van der Waals surface area contributed by atoms with E-state index in [2.05, 4.69) is 10.3 Å². The predicted molar refractivity (Wildman–Crippen MR) is 104 cm³/mol. The molecule has 0 spiro atoms. The first-order chi connectivity index (χ1) is 13.0. The molecule has 4 rings (SSSR count). The second-order valence-corrected chi connectivity index (χ2v) is 6.63. The Morgan fingerprint density at radius 1 is 1.19 bits per heavy atom. The lowest BCUT2D eigenvalue weighted by molar-refractivity contribution is -0.384. The summed E-state index contributed by atoms with van der Waals surface area (Å²) in [4.78, 5) is 16.8. The molecule has 0 radical (unpaired) electrons. The number of nitro benzene ring substituents is 1. The molecule has 3 heterocycles. The number of benzene rings is 1. The number of rotatable bonds is 4. The Bertz CT molecular complexity index is 988. The molecule has 1 N–H and O–H groups in total. The van der Waals surface area contributed by atoms with E-state index in [0.29, 0.717) is 10.9 Å². The van der Waals surface area contributed by atoms with E-state index in [-0.39, 0.29) is 17.8 Å². The fraction of sp³-hybridized carbons (Fsp3) is 0.158. The number of thiocarbonyl (C=S) groups is 1. The summed E-state index contributed by atoms with van der Waals surface area (Å²) >= 11 is 5.42. The monoisotopic (exact) mass is 380 g/mol. The minimum Gasteiger partial charge on any atom is -0.459 e. The molecule has 0 bridgehead atoms. The van der Waals surface area contributed by atoms with Crippen LogP contribution in [0, 0.1) is 10.1 Å². The molecule has 136 valence electrons. The van der Waals surface area contributed by atoms with Crippen LogP contribution in [0.4, 0.5) is 5.69 Å². The maximum atomic E-state index is 10.8. The second kappa shape index (κ2) is 6.81. The van der Waals surface area contributed by atoms with Gasteiger partial charge >= 0.3 is 0 Å². The van der Waals surface area contributed by atoms with Gasteiger partial charge in [0.2, 0.25) is 0 Å². The summed E-state index contributed by atoms with van der Waals surface area (Å²) < 4.78 is 6.09. The van der Waals surface area contributed by atoms with Gasteiger partial charge in [-0.25, -0.2) is 0 Å². The number of nitrogens with one attached hydrogen (secondary N) is 1. The minimum atomic E-state index is -0.422. The lowest BCUT2D eigenvalue weighted by Crippen LogP contribution is -2.24. The molecule has 0 aliphatic carbocycles. The summed E-state index contributed by atoms with van der Waals surface area (Å²) in [6, 6.07) is 15.5. The van der Waals surface area contributed by atoms with Crippen LogP contribution in [0.2, 0.25) is 0 Å². The van der Waals surface area contributed by atoms with Gasteiger partial charge in [0.25, 0.3) is 5.69 Å². The van der Waals surface area contributed by atoms with E-state index in [1.165, 1.54) is 12.1 Å². The Hall–Kier alpha value is -3.26. The van der Waals surface area contributed by atoms with Crippen LogP contribution in [0.25, 0.3) is 11.3 Å². The molecule has 7 nitrogen and oxygen atoms in total. The molecule has 1 aliphatic heterocycles. The normalized spacial score (nSPS) is 19.1. The minimum absolute atomic E-state index is 0.0471. The van der Waals surface area contributed by atoms with Crippen molar-refractivity contribution >= 4 is 23.0 Å². The van der Waals surface area contributed by atoms with E-state index in [9.17, 15) is 10.1 Å². The lowest BCUT2D eigenvalue weighted by Gasteiger charge is -2.21. The number of pyridine rings is 1. The summed E-state index contributed by atoms with van der Waals surface area (Å²) in [6.45, 7) is 0. The number of aromatic nitrogens is 1. The van der Waals surface area contributed by atoms with Crippen molar-refractivity contribution in [2.45, 2.75) is 12.1 Å². The first-order valence-electron chi connectivity index (χ1n) is 8.33. The van der Waals surface area contributed by atoms with Gasteiger partial charge in [-0.3, -0.25) is 15.1 Å². The molecule has 3 aromatic rings. The SMILES string of the molecule is CN1C(=S)N[C@H](c2ccccn2)[C@@H]1c1ccc(-c2ccc([N+](=O)[O-])cc2)o1. The Morgan fingerprint density at radius 2 is 1.96 bits per heavy atom. The first-order valence-corrected chi connectivity index (χ1v) is 8.74. The van der Waals surface area contributed by atoms with Crippen molar-refractivity contribution in [2.24, 2.45) is 0 Å². The highest BCUT2D eigenvalue weighted by Gasteiger charge is 2.39. The maximum Gasteiger partial charge on any atom is 0.269 e. The van der Waals surface area contributed by atoms with Gasteiger partial charge in [-0.05, 0) is 48.6 Å². The first kappa shape index (κ1) is 17.2. The quantitative estimate of drug-likeness (QED) is 0.418. The summed E-state index contributed by atoms with van der Waals surface area (Å²) in [5.41, 5.74) is 1.70. The smallest absolute Gasteiger partial charge is 0.269 e. The summed E-state index contributed by atoms with van der Waals surface area (Å²) in [6.07, 6.45) is 1.75. The predicted octanol–water partition coefficient (Wildman–Crippen LogP) is 3.85. The van der Waals surface area contributed by atoms with Crippen molar-refractivity contribution in [2.75, 3.05) is 7.05 Å². The summed E-state index contributed by atoms with van der Waals surface area (Å²) in [5.74, 6) is 1.39. The molecule has 1 aliphatic rings. The summed E-state index contributed by atoms with van der Waals surface area (Å²) in [5, 5.41) is 14.7. The molecular weight excluding hydrogens is 364 g/mol. The van der Waals surface area contributed by atoms with Gasteiger partial charge in [0, 0.05) is 30.9 Å². The molecule has 27 heavy (non-hydrogen) atoms.